The maximum atomic E-state index is 12.2. The van der Waals surface area contributed by atoms with Gasteiger partial charge in [-0.25, -0.2) is 4.79 Å². The third kappa shape index (κ3) is 3.34. The Morgan fingerprint density at radius 3 is 2.53 bits per heavy atom. The van der Waals surface area contributed by atoms with E-state index in [1.807, 2.05) is 4.90 Å². The first kappa shape index (κ1) is 13.6. The fourth-order valence-corrected chi connectivity index (χ4v) is 2.51. The predicted octanol–water partition coefficient (Wildman–Crippen LogP) is 2.33. The van der Waals surface area contributed by atoms with Gasteiger partial charge in [0.1, 0.15) is 0 Å². The van der Waals surface area contributed by atoms with Crippen LogP contribution in [0.25, 0.3) is 0 Å². The number of carbonyl (C=O) groups excluding carboxylic acids is 1. The summed E-state index contributed by atoms with van der Waals surface area (Å²) in [6.07, 6.45) is 3.69. The van der Waals surface area contributed by atoms with E-state index in [4.69, 9.17) is 5.11 Å². The molecule has 1 aliphatic rings. The van der Waals surface area contributed by atoms with E-state index >= 15 is 0 Å². The molecule has 1 aliphatic heterocycles. The molecule has 0 spiro atoms. The van der Waals surface area contributed by atoms with E-state index in [1.165, 1.54) is 6.42 Å². The maximum Gasteiger partial charge on any atom is 0.335 e. The Bertz CT molecular complexity index is 467. The Hall–Kier alpha value is -1.84. The standard InChI is InChI=1S/C15H19NO3/c1-11-4-2-3-9-16(11)14(17)10-12-5-7-13(8-6-12)15(18)19/h5-8,11H,2-4,9-10H2,1H3,(H,18,19). The molecular formula is C15H19NO3. The van der Waals surface area contributed by atoms with Crippen LogP contribution in [0.3, 0.4) is 0 Å². The summed E-state index contributed by atoms with van der Waals surface area (Å²) in [5, 5.41) is 8.82. The highest BCUT2D eigenvalue weighted by molar-refractivity contribution is 5.87. The van der Waals surface area contributed by atoms with Crippen molar-refractivity contribution < 1.29 is 14.7 Å². The zero-order valence-electron chi connectivity index (χ0n) is 11.1. The summed E-state index contributed by atoms with van der Waals surface area (Å²) < 4.78 is 0. The van der Waals surface area contributed by atoms with E-state index in [0.29, 0.717) is 12.5 Å². The van der Waals surface area contributed by atoms with Gasteiger partial charge in [0.15, 0.2) is 0 Å². The van der Waals surface area contributed by atoms with Crippen molar-refractivity contribution in [2.24, 2.45) is 0 Å². The largest absolute Gasteiger partial charge is 0.478 e. The first-order valence-corrected chi connectivity index (χ1v) is 6.69. The van der Waals surface area contributed by atoms with Gasteiger partial charge in [-0.3, -0.25) is 4.79 Å². The Morgan fingerprint density at radius 1 is 1.26 bits per heavy atom. The van der Waals surface area contributed by atoms with Gasteiger partial charge in [0, 0.05) is 12.6 Å². The van der Waals surface area contributed by atoms with Crippen molar-refractivity contribution in [1.29, 1.82) is 0 Å². The van der Waals surface area contributed by atoms with Crippen LogP contribution in [0.5, 0.6) is 0 Å². The number of hydrogen-bond acceptors (Lipinski definition) is 2. The SMILES string of the molecule is CC1CCCCN1C(=O)Cc1ccc(C(=O)O)cc1. The summed E-state index contributed by atoms with van der Waals surface area (Å²) in [6, 6.07) is 6.85. The van der Waals surface area contributed by atoms with Crippen LogP contribution in [0.15, 0.2) is 24.3 Å². The number of nitrogens with zero attached hydrogens (tertiary/aromatic N) is 1. The van der Waals surface area contributed by atoms with Crippen molar-refractivity contribution in [2.45, 2.75) is 38.6 Å². The average molecular weight is 261 g/mol. The molecule has 0 bridgehead atoms. The van der Waals surface area contributed by atoms with Crippen LogP contribution >= 0.6 is 0 Å². The molecule has 2 rings (SSSR count). The molecule has 1 aromatic rings. The molecule has 4 heteroatoms. The number of piperidine rings is 1. The zero-order chi connectivity index (χ0) is 13.8. The van der Waals surface area contributed by atoms with Crippen LogP contribution in [0.1, 0.15) is 42.1 Å². The predicted molar refractivity (Wildman–Crippen MR) is 72.1 cm³/mol. The highest BCUT2D eigenvalue weighted by atomic mass is 16.4. The smallest absolute Gasteiger partial charge is 0.335 e. The lowest BCUT2D eigenvalue weighted by Gasteiger charge is -2.33. The summed E-state index contributed by atoms with van der Waals surface area (Å²) in [4.78, 5) is 24.9. The molecule has 0 aromatic heterocycles. The van der Waals surface area contributed by atoms with Gasteiger partial charge in [-0.2, -0.15) is 0 Å². The highest BCUT2D eigenvalue weighted by Crippen LogP contribution is 2.18. The van der Waals surface area contributed by atoms with Crippen molar-refractivity contribution in [1.82, 2.24) is 4.90 Å². The van der Waals surface area contributed by atoms with Gasteiger partial charge in [0.25, 0.3) is 0 Å². The van der Waals surface area contributed by atoms with Crippen LogP contribution in [0, 0.1) is 0 Å². The summed E-state index contributed by atoms with van der Waals surface area (Å²) in [5.41, 5.74) is 1.12. The first-order chi connectivity index (χ1) is 9.08. The Morgan fingerprint density at radius 2 is 1.95 bits per heavy atom. The molecule has 0 aliphatic carbocycles. The normalized spacial score (nSPS) is 19.2. The van der Waals surface area contributed by atoms with Gasteiger partial charge in [-0.1, -0.05) is 12.1 Å². The van der Waals surface area contributed by atoms with E-state index in [0.717, 1.165) is 24.9 Å². The second-order valence-corrected chi connectivity index (χ2v) is 5.11. The topological polar surface area (TPSA) is 57.6 Å². The van der Waals surface area contributed by atoms with Crippen LogP contribution in [-0.2, 0) is 11.2 Å². The second kappa shape index (κ2) is 5.87. The number of hydrogen-bond donors (Lipinski definition) is 1. The number of carboxylic acids is 1. The Labute approximate surface area is 113 Å². The third-order valence-electron chi connectivity index (χ3n) is 3.68. The van der Waals surface area contributed by atoms with Crippen molar-refractivity contribution >= 4 is 11.9 Å². The van der Waals surface area contributed by atoms with Gasteiger partial charge in [-0.15, -0.1) is 0 Å². The molecule has 1 amide bonds. The van der Waals surface area contributed by atoms with Gasteiger partial charge in [0.05, 0.1) is 12.0 Å². The fraction of sp³-hybridized carbons (Fsp3) is 0.467. The summed E-state index contributed by atoms with van der Waals surface area (Å²) in [7, 11) is 0. The molecule has 4 nitrogen and oxygen atoms in total. The number of carboxylic acid groups (broad SMARTS) is 1. The van der Waals surface area contributed by atoms with E-state index in [-0.39, 0.29) is 11.5 Å². The van der Waals surface area contributed by atoms with Gasteiger partial charge >= 0.3 is 5.97 Å². The molecule has 1 unspecified atom stereocenters. The molecule has 0 saturated carbocycles. The number of benzene rings is 1. The number of likely N-dealkylation sites (tertiary alicyclic amines) is 1. The highest BCUT2D eigenvalue weighted by Gasteiger charge is 2.22. The lowest BCUT2D eigenvalue weighted by molar-refractivity contribution is -0.133. The van der Waals surface area contributed by atoms with Crippen LogP contribution < -0.4 is 0 Å². The first-order valence-electron chi connectivity index (χ1n) is 6.69. The van der Waals surface area contributed by atoms with Gasteiger partial charge in [0.2, 0.25) is 5.91 Å². The molecule has 1 N–H and O–H groups in total. The fourth-order valence-electron chi connectivity index (χ4n) is 2.51. The minimum absolute atomic E-state index is 0.135. The van der Waals surface area contributed by atoms with Crippen molar-refractivity contribution in [2.75, 3.05) is 6.54 Å². The molecule has 19 heavy (non-hydrogen) atoms. The van der Waals surface area contributed by atoms with E-state index < -0.39 is 5.97 Å². The molecule has 0 radical (unpaired) electrons. The van der Waals surface area contributed by atoms with Crippen LogP contribution in [0.2, 0.25) is 0 Å². The monoisotopic (exact) mass is 261 g/mol. The zero-order valence-corrected chi connectivity index (χ0v) is 11.1. The van der Waals surface area contributed by atoms with Gasteiger partial charge < -0.3 is 10.0 Å². The van der Waals surface area contributed by atoms with Crippen LogP contribution in [0.4, 0.5) is 0 Å². The van der Waals surface area contributed by atoms with Crippen LogP contribution in [-0.4, -0.2) is 34.5 Å². The Balaban J connectivity index is 2.00. The Kier molecular flexibility index (Phi) is 4.20. The lowest BCUT2D eigenvalue weighted by atomic mass is 10.0. The average Bonchev–Trinajstić information content (AvgIpc) is 2.39. The second-order valence-electron chi connectivity index (χ2n) is 5.11. The maximum absolute atomic E-state index is 12.2. The molecule has 1 fully saturated rings. The summed E-state index contributed by atoms with van der Waals surface area (Å²) >= 11 is 0. The van der Waals surface area contributed by atoms with E-state index in [9.17, 15) is 9.59 Å². The minimum atomic E-state index is -0.942. The summed E-state index contributed by atoms with van der Waals surface area (Å²) in [6.45, 7) is 2.93. The molecule has 1 atom stereocenters. The number of aromatic carboxylic acids is 1. The van der Waals surface area contributed by atoms with E-state index in [1.54, 1.807) is 24.3 Å². The van der Waals surface area contributed by atoms with Gasteiger partial charge in [-0.05, 0) is 43.9 Å². The molecular weight excluding hydrogens is 242 g/mol. The molecule has 1 saturated heterocycles. The quantitative estimate of drug-likeness (QED) is 0.908. The number of carbonyl (C=O) groups is 2. The third-order valence-corrected chi connectivity index (χ3v) is 3.68. The summed E-state index contributed by atoms with van der Waals surface area (Å²) in [5.74, 6) is -0.808. The van der Waals surface area contributed by atoms with Crippen molar-refractivity contribution in [3.8, 4) is 0 Å². The van der Waals surface area contributed by atoms with Crippen molar-refractivity contribution in [3.05, 3.63) is 35.4 Å². The van der Waals surface area contributed by atoms with Crippen molar-refractivity contribution in [3.63, 3.8) is 0 Å². The number of rotatable bonds is 3. The molecule has 1 heterocycles. The number of amides is 1. The van der Waals surface area contributed by atoms with E-state index in [2.05, 4.69) is 6.92 Å². The minimum Gasteiger partial charge on any atom is -0.478 e. The lowest BCUT2D eigenvalue weighted by Crippen LogP contribution is -2.42. The molecule has 1 aromatic carbocycles. The molecule has 102 valence electrons.